The maximum absolute atomic E-state index is 4.30. The monoisotopic (exact) mass is 321 g/mol. The maximum atomic E-state index is 4.30. The summed E-state index contributed by atoms with van der Waals surface area (Å²) in [7, 11) is 1.82. The van der Waals surface area contributed by atoms with Gasteiger partial charge in [0.2, 0.25) is 0 Å². The first-order valence-corrected chi connectivity index (χ1v) is 8.98. The zero-order valence-corrected chi connectivity index (χ0v) is 14.4. The topological polar surface area (TPSA) is 36.4 Å². The van der Waals surface area contributed by atoms with Crippen LogP contribution in [0.1, 0.15) is 35.4 Å². The number of hydrogen-bond acceptors (Lipinski definition) is 3. The van der Waals surface area contributed by atoms with Crippen molar-refractivity contribution in [3.63, 3.8) is 0 Å². The Kier molecular flexibility index (Phi) is 6.26. The Morgan fingerprint density at radius 2 is 1.48 bits per heavy atom. The van der Waals surface area contributed by atoms with Crippen molar-refractivity contribution in [2.75, 3.05) is 20.1 Å². The predicted octanol–water partition coefficient (Wildman–Crippen LogP) is 3.88. The van der Waals surface area contributed by atoms with E-state index in [1.807, 2.05) is 29.7 Å². The average molecular weight is 322 g/mol. The third-order valence-corrected chi connectivity index (χ3v) is 5.64. The van der Waals surface area contributed by atoms with E-state index in [0.717, 1.165) is 19.0 Å². The minimum atomic E-state index is 0.498. The molecule has 2 rings (SSSR count). The number of hydrogen-bond donors (Lipinski definition) is 2. The van der Waals surface area contributed by atoms with Crippen LogP contribution < -0.4 is 10.6 Å². The van der Waals surface area contributed by atoms with Crippen LogP contribution >= 0.6 is 22.7 Å². The Hall–Kier alpha value is -1.33. The van der Waals surface area contributed by atoms with E-state index in [2.05, 4.69) is 64.5 Å². The third-order valence-electron chi connectivity index (χ3n) is 3.43. The van der Waals surface area contributed by atoms with Crippen molar-refractivity contribution in [3.8, 4) is 0 Å². The Morgan fingerprint density at radius 3 is 1.81 bits per heavy atom. The molecule has 0 aliphatic carbocycles. The van der Waals surface area contributed by atoms with Crippen molar-refractivity contribution in [3.05, 3.63) is 44.8 Å². The highest BCUT2D eigenvalue weighted by atomic mass is 32.1. The second-order valence-electron chi connectivity index (χ2n) is 5.17. The quantitative estimate of drug-likeness (QED) is 0.626. The highest BCUT2D eigenvalue weighted by Crippen LogP contribution is 2.20. The lowest BCUT2D eigenvalue weighted by Gasteiger charge is -2.17. The molecule has 0 spiro atoms. The average Bonchev–Trinajstić information content (AvgIpc) is 3.19. The van der Waals surface area contributed by atoms with E-state index in [-0.39, 0.29) is 0 Å². The summed E-state index contributed by atoms with van der Waals surface area (Å²) >= 11 is 3.62. The third kappa shape index (κ3) is 4.86. The summed E-state index contributed by atoms with van der Waals surface area (Å²) in [5, 5.41) is 11.1. The smallest absolute Gasteiger partial charge is 0.191 e. The number of rotatable bonds is 6. The van der Waals surface area contributed by atoms with Gasteiger partial charge in [-0.3, -0.25) is 4.99 Å². The second kappa shape index (κ2) is 8.20. The first-order chi connectivity index (χ1) is 10.2. The van der Waals surface area contributed by atoms with E-state index in [0.29, 0.717) is 11.8 Å². The largest absolute Gasteiger partial charge is 0.356 e. The zero-order chi connectivity index (χ0) is 15.1. The molecule has 2 aromatic rings. The lowest BCUT2D eigenvalue weighted by molar-refractivity contribution is 0.680. The lowest BCUT2D eigenvalue weighted by Crippen LogP contribution is -2.40. The van der Waals surface area contributed by atoms with Gasteiger partial charge < -0.3 is 10.6 Å². The highest BCUT2D eigenvalue weighted by Gasteiger charge is 2.09. The van der Waals surface area contributed by atoms with Crippen molar-refractivity contribution in [1.29, 1.82) is 0 Å². The van der Waals surface area contributed by atoms with Crippen LogP contribution in [-0.4, -0.2) is 26.1 Å². The molecule has 0 radical (unpaired) electrons. The van der Waals surface area contributed by atoms with Crippen LogP contribution in [-0.2, 0) is 0 Å². The lowest BCUT2D eigenvalue weighted by atomic mass is 10.1. The summed E-state index contributed by atoms with van der Waals surface area (Å²) in [6.45, 7) is 6.27. The van der Waals surface area contributed by atoms with Crippen molar-refractivity contribution < 1.29 is 0 Å². The molecule has 0 aromatic carbocycles. The molecule has 2 N–H and O–H groups in total. The van der Waals surface area contributed by atoms with Gasteiger partial charge in [-0.25, -0.2) is 0 Å². The molecule has 0 amide bonds. The van der Waals surface area contributed by atoms with E-state index in [1.165, 1.54) is 9.75 Å². The summed E-state index contributed by atoms with van der Waals surface area (Å²) in [5.41, 5.74) is 0. The minimum Gasteiger partial charge on any atom is -0.356 e. The van der Waals surface area contributed by atoms with Gasteiger partial charge in [-0.1, -0.05) is 26.0 Å². The van der Waals surface area contributed by atoms with E-state index in [1.54, 1.807) is 0 Å². The zero-order valence-electron chi connectivity index (χ0n) is 12.8. The van der Waals surface area contributed by atoms with Gasteiger partial charge >= 0.3 is 0 Å². The first-order valence-electron chi connectivity index (χ1n) is 7.22. The number of nitrogens with one attached hydrogen (secondary N) is 2. The van der Waals surface area contributed by atoms with E-state index < -0.39 is 0 Å². The molecule has 0 bridgehead atoms. The van der Waals surface area contributed by atoms with Crippen LogP contribution in [0, 0.1) is 0 Å². The summed E-state index contributed by atoms with van der Waals surface area (Å²) in [6, 6.07) is 8.58. The molecular weight excluding hydrogens is 298 g/mol. The standard InChI is InChI=1S/C16H23N3S2/c1-12(14-6-4-8-20-14)10-18-16(17-3)19-11-13(2)15-7-5-9-21-15/h4-9,12-13H,10-11H2,1-3H3,(H2,17,18,19). The van der Waals surface area contributed by atoms with E-state index in [9.17, 15) is 0 Å². The van der Waals surface area contributed by atoms with Gasteiger partial charge in [0, 0.05) is 41.7 Å². The van der Waals surface area contributed by atoms with Gasteiger partial charge in [0.05, 0.1) is 0 Å². The number of guanidine groups is 1. The van der Waals surface area contributed by atoms with Crippen LogP contribution in [0.3, 0.4) is 0 Å². The van der Waals surface area contributed by atoms with Crippen molar-refractivity contribution >= 4 is 28.6 Å². The summed E-state index contributed by atoms with van der Waals surface area (Å²) in [4.78, 5) is 7.11. The molecule has 2 heterocycles. The van der Waals surface area contributed by atoms with Crippen LogP contribution in [0.5, 0.6) is 0 Å². The molecule has 0 fully saturated rings. The number of nitrogens with zero attached hydrogens (tertiary/aromatic N) is 1. The fourth-order valence-corrected chi connectivity index (χ4v) is 3.64. The molecule has 21 heavy (non-hydrogen) atoms. The van der Waals surface area contributed by atoms with Crippen LogP contribution in [0.15, 0.2) is 40.0 Å². The molecule has 2 unspecified atom stereocenters. The van der Waals surface area contributed by atoms with E-state index in [4.69, 9.17) is 0 Å². The summed E-state index contributed by atoms with van der Waals surface area (Å²) < 4.78 is 0. The van der Waals surface area contributed by atoms with E-state index >= 15 is 0 Å². The number of aliphatic imine (C=N–C) groups is 1. The second-order valence-corrected chi connectivity index (χ2v) is 7.13. The van der Waals surface area contributed by atoms with Gasteiger partial charge in [-0.15, -0.1) is 22.7 Å². The number of thiophene rings is 2. The Labute approximate surface area is 135 Å². The fourth-order valence-electron chi connectivity index (χ4n) is 2.06. The summed E-state index contributed by atoms with van der Waals surface area (Å²) in [5.74, 6) is 1.87. The normalized spacial score (nSPS) is 13.5. The van der Waals surface area contributed by atoms with Gasteiger partial charge in [0.15, 0.2) is 5.96 Å². The molecule has 2 atom stereocenters. The Morgan fingerprint density at radius 1 is 1.00 bits per heavy atom. The molecule has 114 valence electrons. The molecule has 0 saturated heterocycles. The summed E-state index contributed by atoms with van der Waals surface area (Å²) in [6.07, 6.45) is 0. The van der Waals surface area contributed by atoms with Gasteiger partial charge in [0.1, 0.15) is 0 Å². The molecule has 2 aromatic heterocycles. The van der Waals surface area contributed by atoms with Gasteiger partial charge in [-0.05, 0) is 22.9 Å². The molecule has 0 aliphatic rings. The maximum Gasteiger partial charge on any atom is 0.191 e. The molecular formula is C16H23N3S2. The van der Waals surface area contributed by atoms with Crippen molar-refractivity contribution in [2.45, 2.75) is 25.7 Å². The molecule has 0 aliphatic heterocycles. The van der Waals surface area contributed by atoms with Gasteiger partial charge in [-0.2, -0.15) is 0 Å². The SMILES string of the molecule is CN=C(NCC(C)c1cccs1)NCC(C)c1cccs1. The molecule has 5 heteroatoms. The van der Waals surface area contributed by atoms with Crippen LogP contribution in [0.2, 0.25) is 0 Å². The highest BCUT2D eigenvalue weighted by molar-refractivity contribution is 7.10. The fraction of sp³-hybridized carbons (Fsp3) is 0.438. The molecule has 0 saturated carbocycles. The molecule has 3 nitrogen and oxygen atoms in total. The minimum absolute atomic E-state index is 0.498. The Bertz CT molecular complexity index is 486. The van der Waals surface area contributed by atoms with Gasteiger partial charge in [0.25, 0.3) is 0 Å². The van der Waals surface area contributed by atoms with Crippen molar-refractivity contribution in [2.24, 2.45) is 4.99 Å². The van der Waals surface area contributed by atoms with Crippen LogP contribution in [0.25, 0.3) is 0 Å². The predicted molar refractivity (Wildman–Crippen MR) is 94.8 cm³/mol. The van der Waals surface area contributed by atoms with Crippen molar-refractivity contribution in [1.82, 2.24) is 10.6 Å². The van der Waals surface area contributed by atoms with Crippen LogP contribution in [0.4, 0.5) is 0 Å². The Balaban J connectivity index is 1.76. The first kappa shape index (κ1) is 16.0.